The van der Waals surface area contributed by atoms with E-state index < -0.39 is 23.1 Å². The Balaban J connectivity index is 1.42. The lowest BCUT2D eigenvalue weighted by Crippen LogP contribution is -2.25. The second-order valence-corrected chi connectivity index (χ2v) is 9.79. The molecule has 2 N–H and O–H groups in total. The first kappa shape index (κ1) is 29.5. The number of aryl methyl sites for hydroxylation is 1. The zero-order chi connectivity index (χ0) is 30.5. The van der Waals surface area contributed by atoms with Gasteiger partial charge in [-0.1, -0.05) is 6.58 Å². The van der Waals surface area contributed by atoms with E-state index in [1.54, 1.807) is 12.1 Å². The van der Waals surface area contributed by atoms with Gasteiger partial charge in [0, 0.05) is 37.3 Å². The number of rotatable bonds is 11. The summed E-state index contributed by atoms with van der Waals surface area (Å²) in [5.41, 5.74) is 0.473. The molecule has 1 saturated heterocycles. The van der Waals surface area contributed by atoms with E-state index in [1.165, 1.54) is 43.8 Å². The van der Waals surface area contributed by atoms with Crippen LogP contribution in [-0.4, -0.2) is 58.7 Å². The molecule has 0 aliphatic carbocycles. The Morgan fingerprint density at radius 1 is 1.07 bits per heavy atom. The van der Waals surface area contributed by atoms with Gasteiger partial charge in [-0.2, -0.15) is 4.98 Å². The molecule has 4 aromatic rings. The molecule has 2 aromatic heterocycles. The molecule has 224 valence electrons. The molecule has 5 rings (SSSR count). The third-order valence-electron chi connectivity index (χ3n) is 6.88. The number of carbonyl (C=O) groups is 1. The highest BCUT2D eigenvalue weighted by Gasteiger charge is 2.18. The lowest BCUT2D eigenvalue weighted by Gasteiger charge is -2.19. The second-order valence-electron chi connectivity index (χ2n) is 9.79. The summed E-state index contributed by atoms with van der Waals surface area (Å²) in [5, 5.41) is 6.25. The Morgan fingerprint density at radius 3 is 2.58 bits per heavy atom. The first-order valence-corrected chi connectivity index (χ1v) is 13.5. The fourth-order valence-corrected chi connectivity index (χ4v) is 4.67. The van der Waals surface area contributed by atoms with Crippen molar-refractivity contribution in [1.82, 2.24) is 19.4 Å². The number of methoxy groups -OCH3 is 1. The van der Waals surface area contributed by atoms with Crippen molar-refractivity contribution < 1.29 is 27.8 Å². The van der Waals surface area contributed by atoms with E-state index in [4.69, 9.17) is 14.2 Å². The number of halogens is 2. The summed E-state index contributed by atoms with van der Waals surface area (Å²) in [7, 11) is 2.97. The number of likely N-dealkylation sites (tertiary alicyclic amines) is 1. The molecule has 3 heterocycles. The Kier molecular flexibility index (Phi) is 8.81. The van der Waals surface area contributed by atoms with Gasteiger partial charge in [0.15, 0.2) is 17.3 Å². The topological polar surface area (TPSA) is 120 Å². The van der Waals surface area contributed by atoms with Crippen molar-refractivity contribution in [3.05, 3.63) is 77.2 Å². The maximum Gasteiger partial charge on any atom is 0.294 e. The summed E-state index contributed by atoms with van der Waals surface area (Å²) in [6, 6.07) is 7.45. The summed E-state index contributed by atoms with van der Waals surface area (Å²) in [5.74, 6) is -1.67. The van der Waals surface area contributed by atoms with Crippen LogP contribution in [0.2, 0.25) is 0 Å². The molecule has 1 fully saturated rings. The third kappa shape index (κ3) is 6.72. The van der Waals surface area contributed by atoms with Crippen molar-refractivity contribution in [3.63, 3.8) is 0 Å². The van der Waals surface area contributed by atoms with Crippen molar-refractivity contribution in [1.29, 1.82) is 0 Å². The van der Waals surface area contributed by atoms with Crippen molar-refractivity contribution in [2.75, 3.05) is 44.0 Å². The van der Waals surface area contributed by atoms with Crippen molar-refractivity contribution in [3.8, 4) is 23.0 Å². The van der Waals surface area contributed by atoms with E-state index in [0.29, 0.717) is 40.9 Å². The molecule has 0 saturated carbocycles. The van der Waals surface area contributed by atoms with Crippen LogP contribution in [0.3, 0.4) is 0 Å². The fourth-order valence-electron chi connectivity index (χ4n) is 4.67. The molecule has 0 bridgehead atoms. The van der Waals surface area contributed by atoms with Crippen molar-refractivity contribution in [2.24, 2.45) is 7.05 Å². The summed E-state index contributed by atoms with van der Waals surface area (Å²) in [6.45, 7) is 6.77. The fraction of sp³-hybridized carbons (Fsp3) is 0.267. The van der Waals surface area contributed by atoms with E-state index in [0.717, 1.165) is 37.8 Å². The molecule has 1 aliphatic rings. The Bertz CT molecular complexity index is 1740. The van der Waals surface area contributed by atoms with Crippen LogP contribution in [0.1, 0.15) is 12.8 Å². The highest BCUT2D eigenvalue weighted by molar-refractivity contribution is 6.00. The van der Waals surface area contributed by atoms with Gasteiger partial charge in [0.25, 0.3) is 5.56 Å². The zero-order valence-electron chi connectivity index (χ0n) is 23.7. The number of hydrogen-bond donors (Lipinski definition) is 2. The summed E-state index contributed by atoms with van der Waals surface area (Å²) in [6.07, 6.45) is 4.96. The second kappa shape index (κ2) is 12.9. The molecule has 0 atom stereocenters. The minimum Gasteiger partial charge on any atom is -0.494 e. The summed E-state index contributed by atoms with van der Waals surface area (Å²) < 4.78 is 45.7. The maximum absolute atomic E-state index is 14.1. The molecule has 0 unspecified atom stereocenters. The van der Waals surface area contributed by atoms with Gasteiger partial charge in [0.1, 0.15) is 29.6 Å². The van der Waals surface area contributed by atoms with Crippen LogP contribution in [-0.2, 0) is 11.8 Å². The zero-order valence-corrected chi connectivity index (χ0v) is 23.7. The predicted octanol–water partition coefficient (Wildman–Crippen LogP) is 4.75. The first-order valence-electron chi connectivity index (χ1n) is 13.5. The molecule has 43 heavy (non-hydrogen) atoms. The van der Waals surface area contributed by atoms with E-state index in [-0.39, 0.29) is 23.1 Å². The lowest BCUT2D eigenvalue weighted by atomic mass is 10.2. The Morgan fingerprint density at radius 2 is 1.86 bits per heavy atom. The standard InChI is InChI=1S/C30H30F2N6O5/c1-4-27(39)34-22-15-21(24(41-3)16-25(22)42-12-11-38-9-5-6-10-38)35-30-33-17-18-13-26(29(40)37(2)28(18)36-30)43-23-8-7-19(31)14-20(23)32/h4,7-8,13-17H,1,5-6,9-12H2,2-3H3,(H,34,39)(H,33,35,36). The van der Waals surface area contributed by atoms with Gasteiger partial charge < -0.3 is 24.8 Å². The van der Waals surface area contributed by atoms with Gasteiger partial charge in [-0.15, -0.1) is 0 Å². The van der Waals surface area contributed by atoms with Gasteiger partial charge >= 0.3 is 0 Å². The third-order valence-corrected chi connectivity index (χ3v) is 6.88. The van der Waals surface area contributed by atoms with Crippen LogP contribution in [0.5, 0.6) is 23.0 Å². The van der Waals surface area contributed by atoms with Crippen LogP contribution in [0.25, 0.3) is 11.0 Å². The van der Waals surface area contributed by atoms with E-state index >= 15 is 0 Å². The number of hydrogen-bond acceptors (Lipinski definition) is 9. The van der Waals surface area contributed by atoms with Gasteiger partial charge in [0.05, 0.1) is 18.5 Å². The average molecular weight is 593 g/mol. The molecule has 0 radical (unpaired) electrons. The predicted molar refractivity (Wildman–Crippen MR) is 157 cm³/mol. The minimum absolute atomic E-state index is 0.128. The minimum atomic E-state index is -0.946. The van der Waals surface area contributed by atoms with Crippen LogP contribution in [0, 0.1) is 11.6 Å². The lowest BCUT2D eigenvalue weighted by molar-refractivity contribution is -0.111. The Hall–Kier alpha value is -5.04. The Labute approximate surface area is 245 Å². The van der Waals surface area contributed by atoms with Crippen molar-refractivity contribution >= 4 is 34.3 Å². The molecular formula is C30H30F2N6O5. The highest BCUT2D eigenvalue weighted by atomic mass is 19.1. The highest BCUT2D eigenvalue weighted by Crippen LogP contribution is 2.38. The van der Waals surface area contributed by atoms with Crippen molar-refractivity contribution in [2.45, 2.75) is 12.8 Å². The number of aromatic nitrogens is 3. The number of nitrogens with one attached hydrogen (secondary N) is 2. The molecule has 13 heteroatoms. The molecule has 1 amide bonds. The summed E-state index contributed by atoms with van der Waals surface area (Å²) in [4.78, 5) is 36.3. The molecule has 0 spiro atoms. The van der Waals surface area contributed by atoms with Gasteiger partial charge in [-0.3, -0.25) is 19.1 Å². The van der Waals surface area contributed by atoms with Gasteiger partial charge in [-0.25, -0.2) is 13.8 Å². The average Bonchev–Trinajstić information content (AvgIpc) is 3.52. The van der Waals surface area contributed by atoms with E-state index in [2.05, 4.69) is 32.1 Å². The number of benzene rings is 2. The number of anilines is 3. The van der Waals surface area contributed by atoms with Crippen LogP contribution in [0.4, 0.5) is 26.1 Å². The van der Waals surface area contributed by atoms with E-state index in [1.807, 2.05) is 0 Å². The molecule has 2 aromatic carbocycles. The largest absolute Gasteiger partial charge is 0.494 e. The normalized spacial score (nSPS) is 13.1. The van der Waals surface area contributed by atoms with Gasteiger partial charge in [0.2, 0.25) is 11.9 Å². The molecular weight excluding hydrogens is 562 g/mol. The number of nitrogens with zero attached hydrogens (tertiary/aromatic N) is 4. The summed E-state index contributed by atoms with van der Waals surface area (Å²) >= 11 is 0. The molecule has 1 aliphatic heterocycles. The number of carbonyl (C=O) groups excluding carboxylic acids is 1. The molecule has 11 nitrogen and oxygen atoms in total. The van der Waals surface area contributed by atoms with Crippen LogP contribution >= 0.6 is 0 Å². The first-order chi connectivity index (χ1) is 20.7. The van der Waals surface area contributed by atoms with Gasteiger partial charge in [-0.05, 0) is 56.3 Å². The number of fused-ring (bicyclic) bond motifs is 1. The smallest absolute Gasteiger partial charge is 0.294 e. The monoisotopic (exact) mass is 592 g/mol. The number of ether oxygens (including phenoxy) is 3. The van der Waals surface area contributed by atoms with E-state index in [9.17, 15) is 18.4 Å². The SMILES string of the molecule is C=CC(=O)Nc1cc(Nc2ncc3cc(Oc4ccc(F)cc4F)c(=O)n(C)c3n2)c(OC)cc1OCCN1CCCC1. The number of amides is 1. The maximum atomic E-state index is 14.1. The van der Waals surface area contributed by atoms with Crippen LogP contribution in [0.15, 0.2) is 60.0 Å². The quantitative estimate of drug-likeness (QED) is 0.238. The van der Waals surface area contributed by atoms with Crippen LogP contribution < -0.4 is 30.4 Å². The number of pyridine rings is 1.